The molecular weight excluding hydrogens is 492 g/mol. The lowest BCUT2D eigenvalue weighted by atomic mass is 9.99. The SMILES string of the molecule is O=C(c1ccc(Cc2c(Cl)cc(N3N=CCNC3=O)cc2Cl)cc1)c1ccc(C(F)(F)F)nc1. The molecule has 6 nitrogen and oxygen atoms in total. The lowest BCUT2D eigenvalue weighted by Gasteiger charge is -2.22. The Kier molecular flexibility index (Phi) is 6.58. The number of carbonyl (C=O) groups is 2. The number of nitrogens with zero attached hydrogens (tertiary/aromatic N) is 3. The van der Waals surface area contributed by atoms with Crippen LogP contribution in [0.15, 0.2) is 59.8 Å². The van der Waals surface area contributed by atoms with E-state index in [2.05, 4.69) is 15.4 Å². The summed E-state index contributed by atoms with van der Waals surface area (Å²) < 4.78 is 38.0. The highest BCUT2D eigenvalue weighted by Gasteiger charge is 2.32. The second kappa shape index (κ2) is 9.44. The first kappa shape index (κ1) is 23.7. The molecule has 0 unspecified atom stereocenters. The molecule has 2 aromatic carbocycles. The normalized spacial score (nSPS) is 13.7. The Labute approximate surface area is 202 Å². The third-order valence-electron chi connectivity index (χ3n) is 5.02. The zero-order valence-corrected chi connectivity index (χ0v) is 18.7. The number of hydrazone groups is 1. The molecule has 0 atom stereocenters. The van der Waals surface area contributed by atoms with Gasteiger partial charge in [0.25, 0.3) is 0 Å². The van der Waals surface area contributed by atoms with Gasteiger partial charge in [-0.3, -0.25) is 9.78 Å². The van der Waals surface area contributed by atoms with Gasteiger partial charge in [0.15, 0.2) is 5.78 Å². The molecule has 1 aliphatic rings. The average molecular weight is 507 g/mol. The van der Waals surface area contributed by atoms with E-state index in [1.807, 2.05) is 0 Å². The van der Waals surface area contributed by atoms with E-state index in [-0.39, 0.29) is 5.56 Å². The maximum Gasteiger partial charge on any atom is 0.433 e. The molecule has 2 heterocycles. The number of ketones is 1. The number of hydrogen-bond donors (Lipinski definition) is 1. The number of alkyl halides is 3. The van der Waals surface area contributed by atoms with Gasteiger partial charge in [0.1, 0.15) is 5.69 Å². The van der Waals surface area contributed by atoms with Crippen molar-refractivity contribution in [3.63, 3.8) is 0 Å². The lowest BCUT2D eigenvalue weighted by Crippen LogP contribution is -2.41. The summed E-state index contributed by atoms with van der Waals surface area (Å²) in [5.41, 5.74) is 1.12. The first-order valence-corrected chi connectivity index (χ1v) is 10.6. The highest BCUT2D eigenvalue weighted by Crippen LogP contribution is 2.33. The Bertz CT molecular complexity index is 1250. The molecule has 1 aromatic heterocycles. The summed E-state index contributed by atoms with van der Waals surface area (Å²) in [6.45, 7) is 0.336. The molecule has 11 heteroatoms. The molecule has 1 aliphatic heterocycles. The van der Waals surface area contributed by atoms with Gasteiger partial charge < -0.3 is 5.32 Å². The van der Waals surface area contributed by atoms with E-state index < -0.39 is 23.7 Å². The Balaban J connectivity index is 1.50. The maximum atomic E-state index is 12.7. The van der Waals surface area contributed by atoms with Crippen molar-refractivity contribution in [2.45, 2.75) is 12.6 Å². The van der Waals surface area contributed by atoms with Gasteiger partial charge in [-0.25, -0.2) is 4.79 Å². The minimum atomic E-state index is -4.57. The summed E-state index contributed by atoms with van der Waals surface area (Å²) in [6, 6.07) is 11.2. The van der Waals surface area contributed by atoms with Crippen LogP contribution in [0.3, 0.4) is 0 Å². The Morgan fingerprint density at radius 3 is 2.24 bits per heavy atom. The summed E-state index contributed by atoms with van der Waals surface area (Å²) in [4.78, 5) is 27.9. The van der Waals surface area contributed by atoms with Crippen molar-refractivity contribution in [1.82, 2.24) is 10.3 Å². The van der Waals surface area contributed by atoms with Crippen LogP contribution in [0.1, 0.15) is 32.7 Å². The van der Waals surface area contributed by atoms with E-state index in [1.165, 1.54) is 0 Å². The molecule has 3 aromatic rings. The standard InChI is InChI=1S/C23H15Cl2F3N4O2/c24-18-10-16(32-22(34)29-7-8-31-32)11-19(25)17(18)9-13-1-3-14(4-2-13)21(33)15-5-6-20(30-12-15)23(26,27)28/h1-6,8,10-12H,7,9H2,(H,29,34). The van der Waals surface area contributed by atoms with Crippen LogP contribution in [-0.4, -0.2) is 29.6 Å². The van der Waals surface area contributed by atoms with Gasteiger partial charge in [0.2, 0.25) is 0 Å². The molecule has 0 aliphatic carbocycles. The number of urea groups is 1. The van der Waals surface area contributed by atoms with E-state index in [0.29, 0.717) is 39.8 Å². The van der Waals surface area contributed by atoms with Crippen molar-refractivity contribution in [2.75, 3.05) is 11.6 Å². The summed E-state index contributed by atoms with van der Waals surface area (Å²) in [5.74, 6) is -0.450. The number of nitrogens with one attached hydrogen (secondary N) is 1. The summed E-state index contributed by atoms with van der Waals surface area (Å²) >= 11 is 12.8. The van der Waals surface area contributed by atoms with E-state index in [1.54, 1.807) is 42.6 Å². The van der Waals surface area contributed by atoms with Crippen LogP contribution in [0.2, 0.25) is 10.0 Å². The zero-order chi connectivity index (χ0) is 24.5. The molecule has 34 heavy (non-hydrogen) atoms. The highest BCUT2D eigenvalue weighted by atomic mass is 35.5. The quantitative estimate of drug-likeness (QED) is 0.448. The zero-order valence-electron chi connectivity index (χ0n) is 17.2. The molecule has 4 rings (SSSR count). The maximum absolute atomic E-state index is 12.7. The van der Waals surface area contributed by atoms with Crippen LogP contribution in [0.4, 0.5) is 23.7 Å². The van der Waals surface area contributed by atoms with Crippen LogP contribution < -0.4 is 10.3 Å². The molecule has 2 amide bonds. The van der Waals surface area contributed by atoms with E-state index >= 15 is 0 Å². The highest BCUT2D eigenvalue weighted by molar-refractivity contribution is 6.36. The molecule has 0 spiro atoms. The molecule has 0 fully saturated rings. The molecule has 0 radical (unpaired) electrons. The molecule has 1 N–H and O–H groups in total. The third-order valence-corrected chi connectivity index (χ3v) is 5.69. The topological polar surface area (TPSA) is 74.7 Å². The predicted molar refractivity (Wildman–Crippen MR) is 123 cm³/mol. The van der Waals surface area contributed by atoms with Crippen molar-refractivity contribution in [1.29, 1.82) is 0 Å². The van der Waals surface area contributed by atoms with Crippen LogP contribution in [-0.2, 0) is 12.6 Å². The number of rotatable bonds is 5. The minimum absolute atomic E-state index is 0.0480. The summed E-state index contributed by atoms with van der Waals surface area (Å²) in [6.07, 6.45) is -1.77. The monoisotopic (exact) mass is 506 g/mol. The number of aromatic nitrogens is 1. The van der Waals surface area contributed by atoms with Crippen LogP contribution >= 0.6 is 23.2 Å². The van der Waals surface area contributed by atoms with Gasteiger partial charge in [0, 0.05) is 40.0 Å². The fourth-order valence-electron chi connectivity index (χ4n) is 3.29. The van der Waals surface area contributed by atoms with E-state index in [9.17, 15) is 22.8 Å². The smallest absolute Gasteiger partial charge is 0.331 e. The van der Waals surface area contributed by atoms with Gasteiger partial charge in [0.05, 0.1) is 12.2 Å². The van der Waals surface area contributed by atoms with Crippen molar-refractivity contribution in [3.8, 4) is 0 Å². The van der Waals surface area contributed by atoms with Crippen molar-refractivity contribution < 1.29 is 22.8 Å². The predicted octanol–water partition coefficient (Wildman–Crippen LogP) is 5.74. The third kappa shape index (κ3) is 5.05. The minimum Gasteiger partial charge on any atom is -0.331 e. The fourth-order valence-corrected chi connectivity index (χ4v) is 3.90. The van der Waals surface area contributed by atoms with Gasteiger partial charge >= 0.3 is 12.2 Å². The number of amides is 2. The second-order valence-corrected chi connectivity index (χ2v) is 8.13. The number of pyridine rings is 1. The van der Waals surface area contributed by atoms with Crippen molar-refractivity contribution in [3.05, 3.63) is 92.7 Å². The first-order valence-electron chi connectivity index (χ1n) is 9.88. The molecular formula is C23H15Cl2F3N4O2. The number of carbonyl (C=O) groups excluding carboxylic acids is 2. The Morgan fingerprint density at radius 2 is 1.68 bits per heavy atom. The average Bonchev–Trinajstić information content (AvgIpc) is 2.81. The van der Waals surface area contributed by atoms with E-state index in [4.69, 9.17) is 23.2 Å². The molecule has 0 saturated carbocycles. The van der Waals surface area contributed by atoms with Crippen molar-refractivity contribution in [2.24, 2.45) is 5.10 Å². The van der Waals surface area contributed by atoms with Gasteiger partial charge in [-0.15, -0.1) is 0 Å². The number of halogens is 5. The molecule has 0 bridgehead atoms. The van der Waals surface area contributed by atoms with Gasteiger partial charge in [-0.05, 0) is 35.4 Å². The number of anilines is 1. The van der Waals surface area contributed by atoms with Gasteiger partial charge in [-0.1, -0.05) is 47.5 Å². The molecule has 0 saturated heterocycles. The lowest BCUT2D eigenvalue weighted by molar-refractivity contribution is -0.141. The molecule has 174 valence electrons. The van der Waals surface area contributed by atoms with Crippen LogP contribution in [0.25, 0.3) is 0 Å². The fraction of sp³-hybridized carbons (Fsp3) is 0.130. The first-order chi connectivity index (χ1) is 16.1. The Morgan fingerprint density at radius 1 is 1.03 bits per heavy atom. The van der Waals surface area contributed by atoms with Crippen LogP contribution in [0, 0.1) is 0 Å². The Hall–Kier alpha value is -3.43. The largest absolute Gasteiger partial charge is 0.433 e. The number of hydrogen-bond acceptors (Lipinski definition) is 4. The van der Waals surface area contributed by atoms with Crippen LogP contribution in [0.5, 0.6) is 0 Å². The summed E-state index contributed by atoms with van der Waals surface area (Å²) in [5, 5.41) is 8.49. The number of benzene rings is 2. The second-order valence-electron chi connectivity index (χ2n) is 7.32. The van der Waals surface area contributed by atoms with Gasteiger partial charge in [-0.2, -0.15) is 23.3 Å². The van der Waals surface area contributed by atoms with E-state index in [0.717, 1.165) is 28.9 Å². The summed E-state index contributed by atoms with van der Waals surface area (Å²) in [7, 11) is 0. The van der Waals surface area contributed by atoms with Crippen molar-refractivity contribution >= 4 is 46.9 Å².